The summed E-state index contributed by atoms with van der Waals surface area (Å²) in [6.45, 7) is 0.764. The van der Waals surface area contributed by atoms with Crippen LogP contribution in [0.5, 0.6) is 0 Å². The van der Waals surface area contributed by atoms with E-state index in [1.54, 1.807) is 4.90 Å². The molecule has 1 aliphatic heterocycles. The molecule has 6 nitrogen and oxygen atoms in total. The normalized spacial score (nSPS) is 38.0. The van der Waals surface area contributed by atoms with E-state index in [-0.39, 0.29) is 35.0 Å². The van der Waals surface area contributed by atoms with Gasteiger partial charge in [0.25, 0.3) is 0 Å². The molecule has 4 saturated carbocycles. The van der Waals surface area contributed by atoms with Crippen molar-refractivity contribution in [3.8, 4) is 0 Å². The number of benzene rings is 1. The largest absolute Gasteiger partial charge is 0.390 e. The highest BCUT2D eigenvalue weighted by atomic mass is 32.2. The fourth-order valence-electron chi connectivity index (χ4n) is 7.10. The number of carbonyl (C=O) groups excluding carboxylic acids is 1. The van der Waals surface area contributed by atoms with Crippen molar-refractivity contribution in [2.75, 3.05) is 19.3 Å². The summed E-state index contributed by atoms with van der Waals surface area (Å²) in [4.78, 5) is 15.0. The summed E-state index contributed by atoms with van der Waals surface area (Å²) in [6.07, 6.45) is 5.72. The third kappa shape index (κ3) is 3.37. The second-order valence-corrected chi connectivity index (χ2v) is 12.0. The van der Waals surface area contributed by atoms with E-state index in [4.69, 9.17) is 0 Å². The van der Waals surface area contributed by atoms with E-state index in [1.807, 2.05) is 12.1 Å². The van der Waals surface area contributed by atoms with Gasteiger partial charge in [-0.2, -0.15) is 0 Å². The molecule has 5 fully saturated rings. The van der Waals surface area contributed by atoms with Gasteiger partial charge in [0.15, 0.2) is 0 Å². The number of hydrogen-bond donors (Lipinski definition) is 2. The molecule has 0 radical (unpaired) electrons. The van der Waals surface area contributed by atoms with E-state index in [0.717, 1.165) is 31.1 Å². The molecule has 1 amide bonds. The predicted octanol–water partition coefficient (Wildman–Crippen LogP) is 1.78. The monoisotopic (exact) mass is 436 g/mol. The Morgan fingerprint density at radius 1 is 1.17 bits per heavy atom. The van der Waals surface area contributed by atoms with Gasteiger partial charge in [-0.05, 0) is 67.6 Å². The van der Waals surface area contributed by atoms with E-state index < -0.39 is 15.6 Å². The van der Waals surface area contributed by atoms with Crippen LogP contribution in [0.15, 0.2) is 24.3 Å². The molecule has 0 spiro atoms. The van der Waals surface area contributed by atoms with Gasteiger partial charge in [0.1, 0.15) is 5.82 Å². The molecule has 5 aliphatic rings. The van der Waals surface area contributed by atoms with Crippen molar-refractivity contribution in [3.63, 3.8) is 0 Å². The molecule has 2 atom stereocenters. The highest BCUT2D eigenvalue weighted by molar-refractivity contribution is 7.88. The summed E-state index contributed by atoms with van der Waals surface area (Å²) in [7, 11) is -3.29. The number of carbonyl (C=O) groups is 1. The zero-order valence-electron chi connectivity index (χ0n) is 17.2. The lowest BCUT2D eigenvalue weighted by atomic mass is 9.41. The van der Waals surface area contributed by atoms with Crippen molar-refractivity contribution in [1.29, 1.82) is 0 Å². The Kier molecular flexibility index (Phi) is 4.58. The zero-order valence-corrected chi connectivity index (χ0v) is 18.0. The van der Waals surface area contributed by atoms with Crippen molar-refractivity contribution >= 4 is 15.9 Å². The first-order chi connectivity index (χ1) is 14.1. The van der Waals surface area contributed by atoms with Crippen LogP contribution in [0.25, 0.3) is 0 Å². The maximum Gasteiger partial charge on any atom is 0.223 e. The number of sulfonamides is 1. The highest BCUT2D eigenvalue weighted by Crippen LogP contribution is 2.65. The van der Waals surface area contributed by atoms with Gasteiger partial charge in [-0.15, -0.1) is 0 Å². The standard InChI is InChI=1S/C22H29FN2O4S/c1-30(28,29)24-19-12-25(13-19)20(26)11-22(15-2-4-18(23)5-3-15)16-6-14-7-17(22)10-21(27,8-14)9-16/h2-5,14,16-17,19,24,27H,6-13H2,1H3/t14?,16?,17?,21-,22+. The molecule has 2 N–H and O–H groups in total. The lowest BCUT2D eigenvalue weighted by molar-refractivity contribution is -0.173. The SMILES string of the molecule is CS(=O)(=O)NC1CN(C(=O)C[C@]2(c3ccc(F)cc3)C3CC4CC2C[C@@](O)(C4)C3)C1. The summed E-state index contributed by atoms with van der Waals surface area (Å²) >= 11 is 0. The van der Waals surface area contributed by atoms with Crippen LogP contribution >= 0.6 is 0 Å². The highest BCUT2D eigenvalue weighted by Gasteiger charge is 2.63. The average Bonchev–Trinajstić information content (AvgIpc) is 2.59. The van der Waals surface area contributed by atoms with Gasteiger partial charge in [-0.25, -0.2) is 17.5 Å². The summed E-state index contributed by atoms with van der Waals surface area (Å²) in [5.74, 6) is 0.637. The van der Waals surface area contributed by atoms with E-state index in [0.29, 0.717) is 38.3 Å². The molecule has 0 aromatic heterocycles. The molecule has 164 valence electrons. The first-order valence-electron chi connectivity index (χ1n) is 10.8. The molecule has 1 heterocycles. The van der Waals surface area contributed by atoms with Gasteiger partial charge in [0.05, 0.1) is 17.9 Å². The van der Waals surface area contributed by atoms with Gasteiger partial charge in [0.2, 0.25) is 15.9 Å². The lowest BCUT2D eigenvalue weighted by Crippen LogP contribution is -2.65. The molecule has 1 aromatic carbocycles. The smallest absolute Gasteiger partial charge is 0.223 e. The molecule has 6 rings (SSSR count). The number of nitrogens with zero attached hydrogens (tertiary/aromatic N) is 1. The Bertz CT molecular complexity index is 942. The molecule has 30 heavy (non-hydrogen) atoms. The number of hydrogen-bond acceptors (Lipinski definition) is 4. The van der Waals surface area contributed by atoms with Crippen LogP contribution in [0.3, 0.4) is 0 Å². The Morgan fingerprint density at radius 3 is 2.30 bits per heavy atom. The lowest BCUT2D eigenvalue weighted by Gasteiger charge is -2.64. The van der Waals surface area contributed by atoms with Crippen LogP contribution in [0, 0.1) is 23.6 Å². The summed E-state index contributed by atoms with van der Waals surface area (Å²) in [5, 5.41) is 11.0. The number of rotatable bonds is 5. The van der Waals surface area contributed by atoms with Gasteiger partial charge in [0, 0.05) is 24.9 Å². The third-order valence-corrected chi connectivity index (χ3v) is 8.82. The second-order valence-electron chi connectivity index (χ2n) is 10.2. The van der Waals surface area contributed by atoms with Gasteiger partial charge in [-0.1, -0.05) is 12.1 Å². The molecule has 4 bridgehead atoms. The predicted molar refractivity (Wildman–Crippen MR) is 110 cm³/mol. The Hall–Kier alpha value is -1.51. The van der Waals surface area contributed by atoms with Gasteiger partial charge in [-0.3, -0.25) is 4.79 Å². The molecular weight excluding hydrogens is 407 g/mol. The van der Waals surface area contributed by atoms with Crippen LogP contribution in [-0.2, 0) is 20.2 Å². The van der Waals surface area contributed by atoms with Crippen molar-refractivity contribution in [2.24, 2.45) is 17.8 Å². The molecule has 1 saturated heterocycles. The van der Waals surface area contributed by atoms with Crippen molar-refractivity contribution in [3.05, 3.63) is 35.6 Å². The van der Waals surface area contributed by atoms with Gasteiger partial charge < -0.3 is 10.0 Å². The van der Waals surface area contributed by atoms with E-state index in [2.05, 4.69) is 4.72 Å². The first-order valence-corrected chi connectivity index (χ1v) is 12.7. The van der Waals surface area contributed by atoms with Crippen molar-refractivity contribution < 1.29 is 22.7 Å². The van der Waals surface area contributed by atoms with E-state index >= 15 is 0 Å². The van der Waals surface area contributed by atoms with Crippen LogP contribution in [0.1, 0.15) is 44.1 Å². The molecule has 2 unspecified atom stereocenters. The minimum atomic E-state index is -3.29. The van der Waals surface area contributed by atoms with Crippen LogP contribution < -0.4 is 4.72 Å². The Morgan fingerprint density at radius 2 is 1.77 bits per heavy atom. The summed E-state index contributed by atoms with van der Waals surface area (Å²) in [6, 6.07) is 6.34. The average molecular weight is 437 g/mol. The fourth-order valence-corrected chi connectivity index (χ4v) is 7.86. The maximum atomic E-state index is 13.7. The van der Waals surface area contributed by atoms with Crippen molar-refractivity contribution in [1.82, 2.24) is 9.62 Å². The number of nitrogens with one attached hydrogen (secondary N) is 1. The molecular formula is C22H29FN2O4S. The molecule has 4 aliphatic carbocycles. The van der Waals surface area contributed by atoms with E-state index in [9.17, 15) is 22.7 Å². The minimum Gasteiger partial charge on any atom is -0.390 e. The third-order valence-electron chi connectivity index (χ3n) is 8.05. The number of aliphatic hydroxyl groups is 1. The maximum absolute atomic E-state index is 13.7. The van der Waals surface area contributed by atoms with Crippen LogP contribution in [0.4, 0.5) is 4.39 Å². The topological polar surface area (TPSA) is 86.7 Å². The van der Waals surface area contributed by atoms with Crippen molar-refractivity contribution in [2.45, 2.75) is 55.6 Å². The Balaban J connectivity index is 1.41. The number of halogens is 1. The van der Waals surface area contributed by atoms with Crippen LogP contribution in [-0.4, -0.2) is 55.3 Å². The Labute approximate surface area is 176 Å². The second kappa shape index (κ2) is 6.74. The number of likely N-dealkylation sites (tertiary alicyclic amines) is 1. The van der Waals surface area contributed by atoms with Crippen LogP contribution in [0.2, 0.25) is 0 Å². The van der Waals surface area contributed by atoms with E-state index in [1.165, 1.54) is 12.1 Å². The number of amides is 1. The zero-order chi connectivity index (χ0) is 21.3. The first kappa shape index (κ1) is 20.4. The molecule has 1 aromatic rings. The fraction of sp³-hybridized carbons (Fsp3) is 0.682. The summed E-state index contributed by atoms with van der Waals surface area (Å²) < 4.78 is 39.1. The minimum absolute atomic E-state index is 0.0188. The van der Waals surface area contributed by atoms with Gasteiger partial charge >= 0.3 is 0 Å². The summed E-state index contributed by atoms with van der Waals surface area (Å²) in [5.41, 5.74) is -0.00542. The molecule has 8 heteroatoms. The quantitative estimate of drug-likeness (QED) is 0.737.